The summed E-state index contributed by atoms with van der Waals surface area (Å²) in [6.45, 7) is 3.61. The fourth-order valence-electron chi connectivity index (χ4n) is 1.89. The van der Waals surface area contributed by atoms with Crippen molar-refractivity contribution in [3.05, 3.63) is 0 Å². The highest BCUT2D eigenvalue weighted by molar-refractivity contribution is 5.58. The van der Waals surface area contributed by atoms with E-state index in [1.165, 1.54) is 7.11 Å². The fraction of sp³-hybridized carbons (Fsp3) is 0.889. The molecule has 4 atom stereocenters. The van der Waals surface area contributed by atoms with Gasteiger partial charge in [-0.3, -0.25) is 0 Å². The second-order valence-electron chi connectivity index (χ2n) is 3.91. The second kappa shape index (κ2) is 3.27. The third-order valence-electron chi connectivity index (χ3n) is 2.41. The summed E-state index contributed by atoms with van der Waals surface area (Å²) in [6, 6.07) is 0. The lowest BCUT2D eigenvalue weighted by Gasteiger charge is -2.21. The molecule has 80 valence electrons. The molecule has 0 N–H and O–H groups in total. The van der Waals surface area contributed by atoms with Gasteiger partial charge >= 0.3 is 0 Å². The first kappa shape index (κ1) is 10.0. The monoisotopic (exact) mass is 202 g/mol. The summed E-state index contributed by atoms with van der Waals surface area (Å²) in [7, 11) is 1.52. The summed E-state index contributed by atoms with van der Waals surface area (Å²) in [5, 5.41) is 0. The summed E-state index contributed by atoms with van der Waals surface area (Å²) in [6.07, 6.45) is -1.05. The lowest BCUT2D eigenvalue weighted by Crippen LogP contribution is -2.30. The van der Waals surface area contributed by atoms with Gasteiger partial charge < -0.3 is 23.7 Å². The first-order valence-electron chi connectivity index (χ1n) is 4.56. The van der Waals surface area contributed by atoms with Gasteiger partial charge in [0.05, 0.1) is 0 Å². The highest BCUT2D eigenvalue weighted by Gasteiger charge is 2.55. The number of ether oxygens (including phenoxy) is 4. The summed E-state index contributed by atoms with van der Waals surface area (Å²) < 4.78 is 21.5. The van der Waals surface area contributed by atoms with Crippen molar-refractivity contribution in [3.63, 3.8) is 0 Å². The first-order chi connectivity index (χ1) is 6.57. The maximum atomic E-state index is 10.7. The number of methoxy groups -OCH3 is 1. The Labute approximate surface area is 82.3 Å². The highest BCUT2D eigenvalue weighted by atomic mass is 16.8. The maximum Gasteiger partial charge on any atom is 0.187 e. The molecule has 2 heterocycles. The summed E-state index contributed by atoms with van der Waals surface area (Å²) in [5.74, 6) is -0.669. The molecule has 0 amide bonds. The van der Waals surface area contributed by atoms with Crippen LogP contribution in [0.3, 0.4) is 0 Å². The number of hydrogen-bond acceptors (Lipinski definition) is 5. The minimum atomic E-state index is -0.669. The number of aldehydes is 1. The normalized spacial score (nSPS) is 45.1. The zero-order valence-electron chi connectivity index (χ0n) is 8.43. The number of fused-ring (bicyclic) bond motifs is 1. The van der Waals surface area contributed by atoms with Crippen molar-refractivity contribution in [3.8, 4) is 0 Å². The molecule has 0 aromatic rings. The molecule has 0 bridgehead atoms. The van der Waals surface area contributed by atoms with Crippen molar-refractivity contribution in [1.29, 1.82) is 0 Å². The van der Waals surface area contributed by atoms with Crippen molar-refractivity contribution in [2.45, 2.75) is 44.2 Å². The van der Waals surface area contributed by atoms with Crippen LogP contribution in [-0.2, 0) is 23.7 Å². The third kappa shape index (κ3) is 1.46. The number of carbonyl (C=O) groups excluding carboxylic acids is 1. The van der Waals surface area contributed by atoms with E-state index in [9.17, 15) is 4.79 Å². The first-order valence-corrected chi connectivity index (χ1v) is 4.56. The number of hydrogen-bond donors (Lipinski definition) is 0. The minimum absolute atomic E-state index is 0.315. The van der Waals surface area contributed by atoms with Crippen molar-refractivity contribution >= 4 is 6.29 Å². The van der Waals surface area contributed by atoms with E-state index in [1.807, 2.05) is 0 Å². The molecule has 5 heteroatoms. The van der Waals surface area contributed by atoms with Gasteiger partial charge in [0.2, 0.25) is 0 Å². The predicted molar refractivity (Wildman–Crippen MR) is 45.6 cm³/mol. The summed E-state index contributed by atoms with van der Waals surface area (Å²) >= 11 is 0. The molecule has 5 nitrogen and oxygen atoms in total. The Morgan fingerprint density at radius 3 is 2.50 bits per heavy atom. The molecule has 2 rings (SSSR count). The molecule has 0 aliphatic carbocycles. The van der Waals surface area contributed by atoms with Crippen molar-refractivity contribution in [2.75, 3.05) is 7.11 Å². The standard InChI is InChI=1S/C9H14O5/c1-9(2)13-6-5(4-10)12-8(11-3)7(6)14-9/h4-8H,1-3H3/t5?,6-,7+,8?/m1/s1. The van der Waals surface area contributed by atoms with Crippen LogP contribution in [0.4, 0.5) is 0 Å². The molecule has 2 fully saturated rings. The van der Waals surface area contributed by atoms with E-state index in [4.69, 9.17) is 18.9 Å². The van der Waals surface area contributed by atoms with Crippen molar-refractivity contribution < 1.29 is 23.7 Å². The van der Waals surface area contributed by atoms with Crippen LogP contribution in [0.2, 0.25) is 0 Å². The molecule has 0 aromatic heterocycles. The molecule has 2 saturated heterocycles. The van der Waals surface area contributed by atoms with Gasteiger partial charge in [-0.15, -0.1) is 0 Å². The van der Waals surface area contributed by atoms with Gasteiger partial charge in [0.1, 0.15) is 18.3 Å². The average Bonchev–Trinajstić information content (AvgIpc) is 2.57. The fourth-order valence-corrected chi connectivity index (χ4v) is 1.89. The van der Waals surface area contributed by atoms with Gasteiger partial charge in [0.15, 0.2) is 18.4 Å². The van der Waals surface area contributed by atoms with Crippen LogP contribution in [0.15, 0.2) is 0 Å². The van der Waals surface area contributed by atoms with Crippen LogP contribution in [0.5, 0.6) is 0 Å². The molecule has 2 aliphatic rings. The van der Waals surface area contributed by atoms with Gasteiger partial charge in [-0.05, 0) is 13.8 Å². The molecular weight excluding hydrogens is 188 g/mol. The van der Waals surface area contributed by atoms with Crippen LogP contribution in [-0.4, -0.2) is 43.8 Å². The molecule has 2 unspecified atom stereocenters. The zero-order chi connectivity index (χ0) is 10.3. The third-order valence-corrected chi connectivity index (χ3v) is 2.41. The van der Waals surface area contributed by atoms with E-state index >= 15 is 0 Å². The van der Waals surface area contributed by atoms with Crippen LogP contribution in [0, 0.1) is 0 Å². The molecule has 14 heavy (non-hydrogen) atoms. The number of carbonyl (C=O) groups is 1. The minimum Gasteiger partial charge on any atom is -0.353 e. The van der Waals surface area contributed by atoms with Crippen LogP contribution in [0.25, 0.3) is 0 Å². The Balaban J connectivity index is 2.16. The van der Waals surface area contributed by atoms with Gasteiger partial charge in [0, 0.05) is 7.11 Å². The van der Waals surface area contributed by atoms with E-state index in [0.29, 0.717) is 0 Å². The molecule has 0 aromatic carbocycles. The van der Waals surface area contributed by atoms with E-state index in [-0.39, 0.29) is 12.2 Å². The Kier molecular flexibility index (Phi) is 2.35. The quantitative estimate of drug-likeness (QED) is 0.593. The van der Waals surface area contributed by atoms with Crippen LogP contribution >= 0.6 is 0 Å². The van der Waals surface area contributed by atoms with Crippen molar-refractivity contribution in [2.24, 2.45) is 0 Å². The summed E-state index contributed by atoms with van der Waals surface area (Å²) in [5.41, 5.74) is 0. The Morgan fingerprint density at radius 2 is 1.93 bits per heavy atom. The molecule has 0 saturated carbocycles. The van der Waals surface area contributed by atoms with E-state index in [2.05, 4.69) is 0 Å². The molecular formula is C9H14O5. The van der Waals surface area contributed by atoms with E-state index < -0.39 is 18.2 Å². The smallest absolute Gasteiger partial charge is 0.187 e. The van der Waals surface area contributed by atoms with Gasteiger partial charge in [-0.2, -0.15) is 0 Å². The predicted octanol–water partition coefficient (Wildman–Crippen LogP) is 0.0767. The van der Waals surface area contributed by atoms with E-state index in [1.54, 1.807) is 13.8 Å². The van der Waals surface area contributed by atoms with E-state index in [0.717, 1.165) is 6.29 Å². The van der Waals surface area contributed by atoms with Crippen molar-refractivity contribution in [1.82, 2.24) is 0 Å². The topological polar surface area (TPSA) is 54.0 Å². The number of rotatable bonds is 2. The lowest BCUT2D eigenvalue weighted by molar-refractivity contribution is -0.223. The van der Waals surface area contributed by atoms with Gasteiger partial charge in [-0.1, -0.05) is 0 Å². The average molecular weight is 202 g/mol. The van der Waals surface area contributed by atoms with Crippen LogP contribution < -0.4 is 0 Å². The summed E-state index contributed by atoms with van der Waals surface area (Å²) in [4.78, 5) is 10.7. The Morgan fingerprint density at radius 1 is 1.29 bits per heavy atom. The zero-order valence-corrected chi connectivity index (χ0v) is 8.43. The SMILES string of the molecule is COC1OC(C=O)[C@H]2OC(C)(C)O[C@H]12. The van der Waals surface area contributed by atoms with Crippen LogP contribution in [0.1, 0.15) is 13.8 Å². The van der Waals surface area contributed by atoms with Gasteiger partial charge in [-0.25, -0.2) is 0 Å². The largest absolute Gasteiger partial charge is 0.353 e. The molecule has 0 spiro atoms. The Bertz CT molecular complexity index is 239. The maximum absolute atomic E-state index is 10.7. The lowest BCUT2D eigenvalue weighted by atomic mass is 10.1. The molecule has 0 radical (unpaired) electrons. The molecule has 2 aliphatic heterocycles. The highest BCUT2D eigenvalue weighted by Crippen LogP contribution is 2.38. The Hall–Kier alpha value is -0.490. The van der Waals surface area contributed by atoms with Gasteiger partial charge in [0.25, 0.3) is 0 Å². The second-order valence-corrected chi connectivity index (χ2v) is 3.91.